The second-order valence-electron chi connectivity index (χ2n) is 9.00. The molecule has 13 heteroatoms. The summed E-state index contributed by atoms with van der Waals surface area (Å²) < 4.78 is 37.3. The van der Waals surface area contributed by atoms with Gasteiger partial charge in [0.15, 0.2) is 0 Å². The SMILES string of the molecule is COc1cc(C(=O)N2CCN(C)CC2)ccc1Nc1cncc(-c2cc3ccccc3[nH]2)n1.O=C(O)C(F)(F)F. The standard InChI is InChI=1S/C25H26N6O2.C2HF3O2/c1-30-9-11-31(12-10-30)25(32)18-7-8-20(23(14-18)33-2)28-24-16-26-15-22(29-24)21-13-17-5-3-4-6-19(17)27-21;3-2(4,5)1(6)7/h3-8,13-16,27H,9-12H2,1-2H3,(H,28,29);(H,6,7). The van der Waals surface area contributed by atoms with Crippen molar-refractivity contribution >= 4 is 34.3 Å². The number of rotatable bonds is 5. The van der Waals surface area contributed by atoms with Gasteiger partial charge in [-0.25, -0.2) is 9.78 Å². The number of aromatic nitrogens is 3. The van der Waals surface area contributed by atoms with E-state index in [0.29, 0.717) is 17.1 Å². The molecule has 0 aliphatic carbocycles. The lowest BCUT2D eigenvalue weighted by Crippen LogP contribution is -2.47. The Kier molecular flexibility index (Phi) is 8.53. The van der Waals surface area contributed by atoms with E-state index in [4.69, 9.17) is 19.6 Å². The van der Waals surface area contributed by atoms with Gasteiger partial charge in [-0.1, -0.05) is 18.2 Å². The van der Waals surface area contributed by atoms with Crippen LogP contribution >= 0.6 is 0 Å². The fourth-order valence-corrected chi connectivity index (χ4v) is 4.02. The van der Waals surface area contributed by atoms with Crippen LogP contribution < -0.4 is 10.1 Å². The second kappa shape index (κ2) is 12.0. The number of nitrogens with one attached hydrogen (secondary N) is 2. The molecule has 0 radical (unpaired) electrons. The molecule has 10 nitrogen and oxygen atoms in total. The second-order valence-corrected chi connectivity index (χ2v) is 9.00. The van der Waals surface area contributed by atoms with Crippen molar-refractivity contribution in [1.82, 2.24) is 24.8 Å². The third-order valence-corrected chi connectivity index (χ3v) is 6.18. The van der Waals surface area contributed by atoms with Gasteiger partial charge < -0.3 is 29.9 Å². The number of methoxy groups -OCH3 is 1. The first-order chi connectivity index (χ1) is 19.0. The normalized spacial score (nSPS) is 13.9. The lowest BCUT2D eigenvalue weighted by atomic mass is 10.1. The molecule has 3 heterocycles. The van der Waals surface area contributed by atoms with Gasteiger partial charge >= 0.3 is 12.1 Å². The quantitative estimate of drug-likeness (QED) is 0.331. The molecule has 1 amide bonds. The molecule has 1 fully saturated rings. The van der Waals surface area contributed by atoms with Gasteiger partial charge in [-0.3, -0.25) is 9.78 Å². The van der Waals surface area contributed by atoms with Gasteiger partial charge in [-0.05, 0) is 37.4 Å². The number of H-pyrrole nitrogens is 1. The molecule has 2 aromatic heterocycles. The number of para-hydroxylation sites is 1. The summed E-state index contributed by atoms with van der Waals surface area (Å²) in [4.78, 5) is 38.4. The predicted octanol–water partition coefficient (Wildman–Crippen LogP) is 4.40. The fraction of sp³-hybridized carbons (Fsp3) is 0.259. The number of aromatic amines is 1. The molecule has 5 rings (SSSR count). The summed E-state index contributed by atoms with van der Waals surface area (Å²) >= 11 is 0. The van der Waals surface area contributed by atoms with Crippen molar-refractivity contribution in [3.8, 4) is 17.1 Å². The number of carbonyl (C=O) groups is 2. The number of ether oxygens (including phenoxy) is 1. The van der Waals surface area contributed by atoms with Crippen molar-refractivity contribution in [3.05, 3.63) is 66.5 Å². The number of carbonyl (C=O) groups excluding carboxylic acids is 1. The Morgan fingerprint density at radius 3 is 2.40 bits per heavy atom. The first-order valence-electron chi connectivity index (χ1n) is 12.2. The highest BCUT2D eigenvalue weighted by Crippen LogP contribution is 2.30. The van der Waals surface area contributed by atoms with Crippen molar-refractivity contribution in [2.45, 2.75) is 6.18 Å². The van der Waals surface area contributed by atoms with E-state index in [9.17, 15) is 18.0 Å². The number of halogens is 3. The summed E-state index contributed by atoms with van der Waals surface area (Å²) in [7, 11) is 3.67. The molecular weight excluding hydrogens is 529 g/mol. The molecule has 2 aromatic carbocycles. The van der Waals surface area contributed by atoms with Crippen LogP contribution in [-0.2, 0) is 4.79 Å². The fourth-order valence-electron chi connectivity index (χ4n) is 4.02. The van der Waals surface area contributed by atoms with Crippen LogP contribution in [0.3, 0.4) is 0 Å². The minimum absolute atomic E-state index is 0.0218. The molecular formula is C27H27F3N6O4. The van der Waals surface area contributed by atoms with Gasteiger partial charge in [-0.2, -0.15) is 13.2 Å². The number of nitrogens with zero attached hydrogens (tertiary/aromatic N) is 4. The molecule has 0 spiro atoms. The Bertz CT molecular complexity index is 1470. The Labute approximate surface area is 227 Å². The number of piperazine rings is 1. The number of alkyl halides is 3. The lowest BCUT2D eigenvalue weighted by molar-refractivity contribution is -0.192. The van der Waals surface area contributed by atoms with Gasteiger partial charge in [0.2, 0.25) is 0 Å². The van der Waals surface area contributed by atoms with Crippen molar-refractivity contribution in [1.29, 1.82) is 0 Å². The van der Waals surface area contributed by atoms with Crippen molar-refractivity contribution in [2.24, 2.45) is 0 Å². The van der Waals surface area contributed by atoms with Crippen LogP contribution in [0.15, 0.2) is 60.9 Å². The lowest BCUT2D eigenvalue weighted by Gasteiger charge is -2.32. The Hall–Kier alpha value is -4.65. The van der Waals surface area contributed by atoms with E-state index in [2.05, 4.69) is 39.4 Å². The van der Waals surface area contributed by atoms with Gasteiger partial charge in [-0.15, -0.1) is 0 Å². The number of anilines is 2. The van der Waals surface area contributed by atoms with E-state index in [1.807, 2.05) is 35.2 Å². The predicted molar refractivity (Wildman–Crippen MR) is 143 cm³/mol. The number of fused-ring (bicyclic) bond motifs is 1. The zero-order valence-electron chi connectivity index (χ0n) is 21.7. The Balaban J connectivity index is 0.000000470. The summed E-state index contributed by atoms with van der Waals surface area (Å²) in [5.74, 6) is -1.57. The van der Waals surface area contributed by atoms with Crippen LogP contribution in [0.25, 0.3) is 22.3 Å². The smallest absolute Gasteiger partial charge is 0.490 e. The van der Waals surface area contributed by atoms with E-state index in [1.165, 1.54) is 0 Å². The summed E-state index contributed by atoms with van der Waals surface area (Å²) in [6.45, 7) is 3.23. The molecule has 40 heavy (non-hydrogen) atoms. The third kappa shape index (κ3) is 6.86. The highest BCUT2D eigenvalue weighted by atomic mass is 19.4. The number of aliphatic carboxylic acids is 1. The molecule has 3 N–H and O–H groups in total. The summed E-state index contributed by atoms with van der Waals surface area (Å²) in [5.41, 5.74) is 4.01. The molecule has 0 saturated carbocycles. The highest BCUT2D eigenvalue weighted by molar-refractivity contribution is 5.95. The number of hydrogen-bond donors (Lipinski definition) is 3. The zero-order valence-corrected chi connectivity index (χ0v) is 21.7. The maximum atomic E-state index is 12.9. The monoisotopic (exact) mass is 556 g/mol. The maximum absolute atomic E-state index is 12.9. The summed E-state index contributed by atoms with van der Waals surface area (Å²) in [6.07, 6.45) is -1.69. The number of hydrogen-bond acceptors (Lipinski definition) is 7. The first kappa shape index (κ1) is 28.4. The number of likely N-dealkylation sites (N-methyl/N-ethyl adjacent to an activating group) is 1. The third-order valence-electron chi connectivity index (χ3n) is 6.18. The maximum Gasteiger partial charge on any atom is 0.490 e. The topological polar surface area (TPSA) is 124 Å². The zero-order chi connectivity index (χ0) is 28.9. The van der Waals surface area contributed by atoms with E-state index >= 15 is 0 Å². The first-order valence-corrected chi connectivity index (χ1v) is 12.2. The average molecular weight is 557 g/mol. The van der Waals surface area contributed by atoms with Gasteiger partial charge in [0.05, 0.1) is 30.9 Å². The van der Waals surface area contributed by atoms with Crippen LogP contribution in [-0.4, -0.2) is 88.2 Å². The molecule has 210 valence electrons. The minimum Gasteiger partial charge on any atom is -0.495 e. The highest BCUT2D eigenvalue weighted by Gasteiger charge is 2.38. The molecule has 0 atom stereocenters. The number of amides is 1. The van der Waals surface area contributed by atoms with E-state index < -0.39 is 12.1 Å². The number of carboxylic acids is 1. The minimum atomic E-state index is -5.08. The Morgan fingerprint density at radius 1 is 1.05 bits per heavy atom. The molecule has 4 aromatic rings. The van der Waals surface area contributed by atoms with Gasteiger partial charge in [0, 0.05) is 42.6 Å². The van der Waals surface area contributed by atoms with Gasteiger partial charge in [0.1, 0.15) is 17.3 Å². The van der Waals surface area contributed by atoms with Crippen LogP contribution in [0.1, 0.15) is 10.4 Å². The van der Waals surface area contributed by atoms with Crippen molar-refractivity contribution in [2.75, 3.05) is 45.7 Å². The van der Waals surface area contributed by atoms with E-state index in [-0.39, 0.29) is 5.91 Å². The van der Waals surface area contributed by atoms with E-state index in [0.717, 1.165) is 54.2 Å². The largest absolute Gasteiger partial charge is 0.495 e. The van der Waals surface area contributed by atoms with Crippen molar-refractivity contribution < 1.29 is 32.6 Å². The molecule has 1 saturated heterocycles. The molecule has 0 unspecified atom stereocenters. The Morgan fingerprint density at radius 2 is 1.75 bits per heavy atom. The van der Waals surface area contributed by atoms with Crippen LogP contribution in [0.2, 0.25) is 0 Å². The van der Waals surface area contributed by atoms with Crippen molar-refractivity contribution in [3.63, 3.8) is 0 Å². The number of benzene rings is 2. The van der Waals surface area contributed by atoms with Crippen LogP contribution in [0.4, 0.5) is 24.7 Å². The van der Waals surface area contributed by atoms with E-state index in [1.54, 1.807) is 25.6 Å². The average Bonchev–Trinajstić information content (AvgIpc) is 3.38. The summed E-state index contributed by atoms with van der Waals surface area (Å²) in [5, 5.41) is 11.5. The van der Waals surface area contributed by atoms with Crippen LogP contribution in [0, 0.1) is 0 Å². The van der Waals surface area contributed by atoms with Gasteiger partial charge in [0.25, 0.3) is 5.91 Å². The molecule has 1 aliphatic heterocycles. The summed E-state index contributed by atoms with van der Waals surface area (Å²) in [6, 6.07) is 15.6. The van der Waals surface area contributed by atoms with Crippen LogP contribution in [0.5, 0.6) is 5.75 Å². The molecule has 0 bridgehead atoms. The molecule has 1 aliphatic rings. The number of carboxylic acid groups (broad SMARTS) is 1.